The summed E-state index contributed by atoms with van der Waals surface area (Å²) in [6.07, 6.45) is 7.76. The summed E-state index contributed by atoms with van der Waals surface area (Å²) in [5.74, 6) is 1.48. The van der Waals surface area contributed by atoms with E-state index in [1.165, 1.54) is 0 Å². The zero-order valence-electron chi connectivity index (χ0n) is 14.6. The van der Waals surface area contributed by atoms with E-state index in [1.54, 1.807) is 6.20 Å². The summed E-state index contributed by atoms with van der Waals surface area (Å²) < 4.78 is 29.7. The maximum absolute atomic E-state index is 12.3. The Morgan fingerprint density at radius 2 is 2.11 bits per heavy atom. The van der Waals surface area contributed by atoms with Crippen LogP contribution >= 0.6 is 0 Å². The molecule has 0 aliphatic heterocycles. The van der Waals surface area contributed by atoms with E-state index < -0.39 is 10.0 Å². The van der Waals surface area contributed by atoms with Crippen molar-refractivity contribution in [1.82, 2.24) is 29.3 Å². The molecule has 8 nitrogen and oxygen atoms in total. The zero-order valence-corrected chi connectivity index (χ0v) is 15.4. The van der Waals surface area contributed by atoms with Crippen LogP contribution in [-0.2, 0) is 10.0 Å². The van der Waals surface area contributed by atoms with Gasteiger partial charge in [-0.1, -0.05) is 20.8 Å². The van der Waals surface area contributed by atoms with Gasteiger partial charge in [-0.3, -0.25) is 4.40 Å². The van der Waals surface area contributed by atoms with Crippen LogP contribution in [0, 0.1) is 5.92 Å². The van der Waals surface area contributed by atoms with Crippen LogP contribution in [0.2, 0.25) is 0 Å². The first-order valence-electron chi connectivity index (χ1n) is 9.25. The van der Waals surface area contributed by atoms with Crippen LogP contribution in [-0.4, -0.2) is 44.3 Å². The molecule has 3 aromatic rings. The quantitative estimate of drug-likeness (QED) is 0.697. The van der Waals surface area contributed by atoms with Crippen LogP contribution in [0.3, 0.4) is 0 Å². The molecule has 0 spiro atoms. The highest BCUT2D eigenvalue weighted by atomic mass is 32.2. The first kappa shape index (κ1) is 18.4. The minimum absolute atomic E-state index is 0. The van der Waals surface area contributed by atoms with Gasteiger partial charge in [0.1, 0.15) is 5.82 Å². The zero-order chi connectivity index (χ0) is 17.9. The summed E-state index contributed by atoms with van der Waals surface area (Å²) in [5.41, 5.74) is 2.49. The summed E-state index contributed by atoms with van der Waals surface area (Å²) in [4.78, 5) is 7.49. The van der Waals surface area contributed by atoms with Gasteiger partial charge in [0.15, 0.2) is 11.3 Å². The minimum atomic E-state index is -3.17. The number of aromatic nitrogens is 5. The Bertz CT molecular complexity index is 1070. The summed E-state index contributed by atoms with van der Waals surface area (Å²) in [6.45, 7) is 2.16. The van der Waals surface area contributed by atoms with Crippen LogP contribution in [0.25, 0.3) is 16.8 Å². The van der Waals surface area contributed by atoms with Gasteiger partial charge < -0.3 is 4.98 Å². The fourth-order valence-corrected chi connectivity index (χ4v) is 5.94. The highest BCUT2D eigenvalue weighted by molar-refractivity contribution is 7.90. The first-order valence-corrected chi connectivity index (χ1v) is 10.8. The number of nitrogens with zero attached hydrogens (tertiary/aromatic N) is 4. The van der Waals surface area contributed by atoms with Gasteiger partial charge in [-0.05, 0) is 37.7 Å². The Hall–Kier alpha value is -2.00. The van der Waals surface area contributed by atoms with Crippen molar-refractivity contribution in [2.75, 3.05) is 0 Å². The van der Waals surface area contributed by atoms with Gasteiger partial charge in [0.05, 0.1) is 17.0 Å². The second kappa shape index (κ2) is 6.56. The lowest BCUT2D eigenvalue weighted by Gasteiger charge is -2.16. The van der Waals surface area contributed by atoms with Crippen molar-refractivity contribution in [3.05, 3.63) is 24.3 Å². The maximum Gasteiger partial charge on any atom is 0.214 e. The van der Waals surface area contributed by atoms with E-state index in [2.05, 4.69) is 36.2 Å². The maximum atomic E-state index is 12.3. The fraction of sp³-hybridized carbons (Fsp3) is 0.611. The van der Waals surface area contributed by atoms with Gasteiger partial charge in [0.25, 0.3) is 0 Å². The van der Waals surface area contributed by atoms with E-state index in [0.29, 0.717) is 5.92 Å². The van der Waals surface area contributed by atoms with E-state index in [0.717, 1.165) is 54.7 Å². The predicted molar refractivity (Wildman–Crippen MR) is 104 cm³/mol. The van der Waals surface area contributed by atoms with Crippen molar-refractivity contribution in [1.29, 1.82) is 0 Å². The highest BCUT2D eigenvalue weighted by Gasteiger charge is 2.42. The van der Waals surface area contributed by atoms with E-state index in [1.807, 2.05) is 12.3 Å². The first-order chi connectivity index (χ1) is 12.6. The second-order valence-electron chi connectivity index (χ2n) is 7.53. The molecule has 0 unspecified atom stereocenters. The molecule has 9 heteroatoms. The van der Waals surface area contributed by atoms with Crippen LogP contribution < -0.4 is 4.72 Å². The summed E-state index contributed by atoms with van der Waals surface area (Å²) in [5, 5.41) is 8.58. The fourth-order valence-electron chi connectivity index (χ4n) is 4.33. The van der Waals surface area contributed by atoms with Gasteiger partial charge in [-0.15, -0.1) is 10.2 Å². The minimum Gasteiger partial charge on any atom is -0.345 e. The Morgan fingerprint density at radius 3 is 2.85 bits per heavy atom. The Labute approximate surface area is 158 Å². The molecule has 5 rings (SSSR count). The summed E-state index contributed by atoms with van der Waals surface area (Å²) in [6, 6.07) is 1.96. The molecular formula is C18H26N6O2S. The van der Waals surface area contributed by atoms with Gasteiger partial charge >= 0.3 is 0 Å². The number of sulfonamides is 1. The van der Waals surface area contributed by atoms with Crippen molar-refractivity contribution in [2.24, 2.45) is 5.92 Å². The van der Waals surface area contributed by atoms with Crippen LogP contribution in [0.15, 0.2) is 18.5 Å². The van der Waals surface area contributed by atoms with Crippen LogP contribution in [0.5, 0.6) is 0 Å². The third kappa shape index (κ3) is 3.02. The topological polar surface area (TPSA) is 105 Å². The number of H-pyrrole nitrogens is 1. The van der Waals surface area contributed by atoms with E-state index in [9.17, 15) is 8.42 Å². The van der Waals surface area contributed by atoms with Crippen molar-refractivity contribution in [3.63, 3.8) is 0 Å². The van der Waals surface area contributed by atoms with E-state index in [-0.39, 0.29) is 24.6 Å². The van der Waals surface area contributed by atoms with Crippen molar-refractivity contribution < 1.29 is 8.42 Å². The van der Waals surface area contributed by atoms with Gasteiger partial charge in [-0.25, -0.2) is 18.1 Å². The summed E-state index contributed by atoms with van der Waals surface area (Å²) in [7, 11) is -3.17. The monoisotopic (exact) mass is 390 g/mol. The molecule has 0 saturated heterocycles. The lowest BCUT2D eigenvalue weighted by atomic mass is 9.93. The van der Waals surface area contributed by atoms with Gasteiger partial charge in [0, 0.05) is 18.2 Å². The highest BCUT2D eigenvalue weighted by Crippen LogP contribution is 2.42. The molecule has 0 radical (unpaired) electrons. The van der Waals surface area contributed by atoms with Crippen LogP contribution in [0.4, 0.5) is 0 Å². The molecule has 2 aliphatic rings. The third-order valence-electron chi connectivity index (χ3n) is 5.81. The molecule has 0 aromatic carbocycles. The standard InChI is InChI=1S/C17H22N6O2S.CH4/c1-2-10-7-11(22-26(24,25)12-3-4-12)8-13(10)17-21-20-15-9-19-16-14(23(15)17)5-6-18-16;/h5-6,9-13,18,22H,2-4,7-8H2,1H3;1H4/t10-,11+,13+;/m1./s1. The van der Waals surface area contributed by atoms with E-state index in [4.69, 9.17) is 0 Å². The molecule has 3 heterocycles. The summed E-state index contributed by atoms with van der Waals surface area (Å²) >= 11 is 0. The largest absolute Gasteiger partial charge is 0.345 e. The Kier molecular flexibility index (Phi) is 4.46. The molecule has 3 atom stereocenters. The molecule has 2 fully saturated rings. The smallest absolute Gasteiger partial charge is 0.214 e. The number of aromatic amines is 1. The third-order valence-corrected chi connectivity index (χ3v) is 7.82. The lowest BCUT2D eigenvalue weighted by molar-refractivity contribution is 0.449. The molecule has 146 valence electrons. The SMILES string of the molecule is C.CC[C@@H]1C[C@H](NS(=O)(=O)C2CC2)C[C@@H]1c1nnc2cnc3[nH]ccc3n12. The lowest BCUT2D eigenvalue weighted by Crippen LogP contribution is -2.35. The van der Waals surface area contributed by atoms with E-state index >= 15 is 0 Å². The molecule has 2 N–H and O–H groups in total. The van der Waals surface area contributed by atoms with Crippen LogP contribution in [0.1, 0.15) is 58.2 Å². The molecule has 0 amide bonds. The average molecular weight is 391 g/mol. The molecule has 0 bridgehead atoms. The molecule has 27 heavy (non-hydrogen) atoms. The molecular weight excluding hydrogens is 364 g/mol. The average Bonchev–Trinajstić information content (AvgIpc) is 3.06. The second-order valence-corrected chi connectivity index (χ2v) is 9.52. The van der Waals surface area contributed by atoms with Crippen molar-refractivity contribution in [3.8, 4) is 0 Å². The molecule has 2 aliphatic carbocycles. The number of rotatable bonds is 5. The number of hydrogen-bond acceptors (Lipinski definition) is 5. The number of fused-ring (bicyclic) bond motifs is 3. The number of nitrogens with one attached hydrogen (secondary N) is 2. The van der Waals surface area contributed by atoms with Crippen molar-refractivity contribution >= 4 is 26.8 Å². The number of hydrogen-bond donors (Lipinski definition) is 2. The van der Waals surface area contributed by atoms with Gasteiger partial charge in [0.2, 0.25) is 10.0 Å². The molecule has 2 saturated carbocycles. The van der Waals surface area contributed by atoms with Crippen molar-refractivity contribution in [2.45, 2.75) is 63.7 Å². The predicted octanol–water partition coefficient (Wildman–Crippen LogP) is 2.60. The Morgan fingerprint density at radius 1 is 1.30 bits per heavy atom. The van der Waals surface area contributed by atoms with Gasteiger partial charge in [-0.2, -0.15) is 0 Å². The Balaban J connectivity index is 0.00000180. The normalized spacial score (nSPS) is 25.9. The molecule has 3 aromatic heterocycles.